The van der Waals surface area contributed by atoms with E-state index in [9.17, 15) is 13.5 Å². The topological polar surface area (TPSA) is 60.9 Å². The molecule has 112 valence electrons. The third kappa shape index (κ3) is 4.41. The second-order valence-electron chi connectivity index (χ2n) is 6.46. The van der Waals surface area contributed by atoms with Gasteiger partial charge in [0.15, 0.2) is 0 Å². The second-order valence-corrected chi connectivity index (χ2v) is 8.45. The van der Waals surface area contributed by atoms with Crippen LogP contribution in [0.2, 0.25) is 0 Å². The van der Waals surface area contributed by atoms with Gasteiger partial charge in [-0.1, -0.05) is 0 Å². The van der Waals surface area contributed by atoms with Gasteiger partial charge >= 0.3 is 0 Å². The number of hydrogen-bond acceptors (Lipinski definition) is 4. The van der Waals surface area contributed by atoms with Gasteiger partial charge in [-0.3, -0.25) is 0 Å². The van der Waals surface area contributed by atoms with E-state index in [1.54, 1.807) is 4.31 Å². The van der Waals surface area contributed by atoms with Crippen LogP contribution < -0.4 is 0 Å². The first-order chi connectivity index (χ1) is 8.76. The lowest BCUT2D eigenvalue weighted by Gasteiger charge is -2.40. The minimum atomic E-state index is -3.06. The predicted octanol–water partition coefficient (Wildman–Crippen LogP) is 0.505. The lowest BCUT2D eigenvalue weighted by atomic mass is 9.92. The predicted molar refractivity (Wildman–Crippen MR) is 75.4 cm³/mol. The van der Waals surface area contributed by atoms with Crippen molar-refractivity contribution in [3.05, 3.63) is 0 Å². The second kappa shape index (κ2) is 5.68. The van der Waals surface area contributed by atoms with E-state index in [0.29, 0.717) is 25.6 Å². The van der Waals surface area contributed by atoms with Gasteiger partial charge in [-0.2, -0.15) is 0 Å². The van der Waals surface area contributed by atoms with Crippen LogP contribution in [0.25, 0.3) is 0 Å². The van der Waals surface area contributed by atoms with Crippen LogP contribution in [0, 0.1) is 5.92 Å². The van der Waals surface area contributed by atoms with Crippen molar-refractivity contribution < 1.29 is 13.5 Å². The molecule has 2 aliphatic heterocycles. The first kappa shape index (κ1) is 15.2. The van der Waals surface area contributed by atoms with Crippen LogP contribution in [-0.4, -0.2) is 67.3 Å². The number of nitrogens with zero attached hydrogens (tertiary/aromatic N) is 2. The molecule has 0 amide bonds. The quantitative estimate of drug-likeness (QED) is 0.822. The van der Waals surface area contributed by atoms with Crippen LogP contribution in [0.4, 0.5) is 0 Å². The van der Waals surface area contributed by atoms with Gasteiger partial charge in [-0.05, 0) is 45.1 Å². The fourth-order valence-corrected chi connectivity index (χ4v) is 4.26. The van der Waals surface area contributed by atoms with E-state index in [-0.39, 0.29) is 0 Å². The summed E-state index contributed by atoms with van der Waals surface area (Å²) >= 11 is 0. The van der Waals surface area contributed by atoms with E-state index < -0.39 is 15.6 Å². The highest BCUT2D eigenvalue weighted by Gasteiger charge is 2.32. The molecule has 2 fully saturated rings. The molecule has 6 heteroatoms. The molecule has 5 nitrogen and oxygen atoms in total. The van der Waals surface area contributed by atoms with Crippen LogP contribution in [0.1, 0.15) is 32.6 Å². The normalized spacial score (nSPS) is 35.4. The van der Waals surface area contributed by atoms with Crippen molar-refractivity contribution in [2.75, 3.05) is 39.0 Å². The maximum atomic E-state index is 11.6. The van der Waals surface area contributed by atoms with Crippen molar-refractivity contribution in [2.24, 2.45) is 5.92 Å². The molecular weight excluding hydrogens is 264 g/mol. The van der Waals surface area contributed by atoms with Crippen molar-refractivity contribution >= 4 is 10.0 Å². The third-order valence-electron chi connectivity index (χ3n) is 4.22. The summed E-state index contributed by atoms with van der Waals surface area (Å²) in [6.07, 6.45) is 5.22. The molecule has 1 N–H and O–H groups in total. The van der Waals surface area contributed by atoms with E-state index in [4.69, 9.17) is 0 Å². The van der Waals surface area contributed by atoms with Crippen molar-refractivity contribution in [2.45, 2.75) is 38.2 Å². The highest BCUT2D eigenvalue weighted by Crippen LogP contribution is 2.24. The van der Waals surface area contributed by atoms with Crippen molar-refractivity contribution in [1.29, 1.82) is 0 Å². The maximum Gasteiger partial charge on any atom is 0.211 e. The molecule has 0 aromatic rings. The summed E-state index contributed by atoms with van der Waals surface area (Å²) in [6.45, 7) is 5.82. The zero-order chi connectivity index (χ0) is 14.1. The molecule has 2 rings (SSSR count). The molecule has 0 aromatic heterocycles. The SMILES string of the molecule is CC1(O)CCCN(CC2CCCN(S(C)(=O)=O)C2)C1. The molecule has 2 heterocycles. The van der Waals surface area contributed by atoms with Gasteiger partial charge in [-0.15, -0.1) is 0 Å². The zero-order valence-corrected chi connectivity index (χ0v) is 12.8. The smallest absolute Gasteiger partial charge is 0.211 e. The highest BCUT2D eigenvalue weighted by atomic mass is 32.2. The Morgan fingerprint density at radius 3 is 2.68 bits per heavy atom. The first-order valence-corrected chi connectivity index (χ1v) is 9.01. The van der Waals surface area contributed by atoms with Gasteiger partial charge in [0.1, 0.15) is 0 Å². The van der Waals surface area contributed by atoms with E-state index in [1.165, 1.54) is 6.26 Å². The van der Waals surface area contributed by atoms with Crippen LogP contribution in [0.15, 0.2) is 0 Å². The van der Waals surface area contributed by atoms with Gasteiger partial charge in [0.05, 0.1) is 11.9 Å². The zero-order valence-electron chi connectivity index (χ0n) is 12.0. The number of hydrogen-bond donors (Lipinski definition) is 1. The van der Waals surface area contributed by atoms with E-state index in [2.05, 4.69) is 4.90 Å². The number of piperidine rings is 2. The largest absolute Gasteiger partial charge is 0.389 e. The van der Waals surface area contributed by atoms with Crippen molar-refractivity contribution in [3.63, 3.8) is 0 Å². The minimum absolute atomic E-state index is 0.400. The summed E-state index contributed by atoms with van der Waals surface area (Å²) in [5, 5.41) is 10.1. The molecule has 19 heavy (non-hydrogen) atoms. The van der Waals surface area contributed by atoms with Gasteiger partial charge in [0, 0.05) is 26.2 Å². The van der Waals surface area contributed by atoms with Crippen LogP contribution in [0.5, 0.6) is 0 Å². The Kier molecular flexibility index (Phi) is 4.55. The summed E-state index contributed by atoms with van der Waals surface area (Å²) in [5.74, 6) is 0.400. The fraction of sp³-hybridized carbons (Fsp3) is 1.00. The molecule has 2 atom stereocenters. The molecule has 0 saturated carbocycles. The van der Waals surface area contributed by atoms with Crippen molar-refractivity contribution in [3.8, 4) is 0 Å². The molecule has 0 bridgehead atoms. The standard InChI is InChI=1S/C13H26N2O3S/c1-13(16)6-4-7-14(11-13)9-12-5-3-8-15(10-12)19(2,17)18/h12,16H,3-11H2,1-2H3. The van der Waals surface area contributed by atoms with Crippen molar-refractivity contribution in [1.82, 2.24) is 9.21 Å². The lowest BCUT2D eigenvalue weighted by molar-refractivity contribution is -0.0219. The molecular formula is C13H26N2O3S. The average Bonchev–Trinajstić information content (AvgIpc) is 2.26. The van der Waals surface area contributed by atoms with Crippen LogP contribution in [-0.2, 0) is 10.0 Å². The Morgan fingerprint density at radius 1 is 1.32 bits per heavy atom. The van der Waals surface area contributed by atoms with E-state index >= 15 is 0 Å². The number of likely N-dealkylation sites (tertiary alicyclic amines) is 1. The molecule has 0 aliphatic carbocycles. The maximum absolute atomic E-state index is 11.6. The molecule has 2 unspecified atom stereocenters. The Balaban J connectivity index is 1.89. The van der Waals surface area contributed by atoms with Crippen LogP contribution >= 0.6 is 0 Å². The minimum Gasteiger partial charge on any atom is -0.389 e. The van der Waals surface area contributed by atoms with Gasteiger partial charge in [0.25, 0.3) is 0 Å². The average molecular weight is 290 g/mol. The Morgan fingerprint density at radius 2 is 2.05 bits per heavy atom. The van der Waals surface area contributed by atoms with E-state index in [0.717, 1.165) is 38.8 Å². The van der Waals surface area contributed by atoms with Gasteiger partial charge in [-0.25, -0.2) is 12.7 Å². The number of rotatable bonds is 3. The summed E-state index contributed by atoms with van der Waals surface area (Å²) in [4.78, 5) is 2.29. The lowest BCUT2D eigenvalue weighted by Crippen LogP contribution is -2.50. The number of sulfonamides is 1. The van der Waals surface area contributed by atoms with E-state index in [1.807, 2.05) is 6.92 Å². The summed E-state index contributed by atoms with van der Waals surface area (Å²) < 4.78 is 24.8. The highest BCUT2D eigenvalue weighted by molar-refractivity contribution is 7.88. The molecule has 0 radical (unpaired) electrons. The monoisotopic (exact) mass is 290 g/mol. The molecule has 0 aromatic carbocycles. The summed E-state index contributed by atoms with van der Waals surface area (Å²) in [5.41, 5.74) is -0.580. The fourth-order valence-electron chi connectivity index (χ4n) is 3.32. The molecule has 2 aliphatic rings. The first-order valence-electron chi connectivity index (χ1n) is 7.16. The Labute approximate surface area is 116 Å². The Hall–Kier alpha value is -0.170. The van der Waals surface area contributed by atoms with Gasteiger partial charge in [0.2, 0.25) is 10.0 Å². The van der Waals surface area contributed by atoms with Crippen LogP contribution in [0.3, 0.4) is 0 Å². The summed E-state index contributed by atoms with van der Waals surface area (Å²) in [7, 11) is -3.06. The molecule has 0 spiro atoms. The summed E-state index contributed by atoms with van der Waals surface area (Å²) in [6, 6.07) is 0. The Bertz CT molecular complexity index is 408. The third-order valence-corrected chi connectivity index (χ3v) is 5.49. The number of aliphatic hydroxyl groups is 1. The van der Waals surface area contributed by atoms with Gasteiger partial charge < -0.3 is 10.0 Å². The molecule has 2 saturated heterocycles. The number of β-amino-alcohol motifs (C(OH)–C–C–N with tert-alkyl or cyclic N) is 1.